The van der Waals surface area contributed by atoms with Crippen molar-refractivity contribution < 1.29 is 14.4 Å². The van der Waals surface area contributed by atoms with Crippen LogP contribution >= 0.6 is 0 Å². The van der Waals surface area contributed by atoms with E-state index in [2.05, 4.69) is 4.90 Å². The zero-order valence-corrected chi connectivity index (χ0v) is 15.8. The predicted octanol–water partition coefficient (Wildman–Crippen LogP) is 0.546. The van der Waals surface area contributed by atoms with Crippen LogP contribution < -0.4 is 0 Å². The van der Waals surface area contributed by atoms with Crippen LogP contribution in [0.1, 0.15) is 44.9 Å². The van der Waals surface area contributed by atoms with Crippen molar-refractivity contribution in [1.29, 1.82) is 0 Å². The van der Waals surface area contributed by atoms with Crippen LogP contribution in [0, 0.1) is 0 Å². The number of amides is 3. The maximum atomic E-state index is 12.5. The highest BCUT2D eigenvalue weighted by Crippen LogP contribution is 2.13. The van der Waals surface area contributed by atoms with Crippen LogP contribution in [0.4, 0.5) is 0 Å². The summed E-state index contributed by atoms with van der Waals surface area (Å²) in [6, 6.07) is 0. The third kappa shape index (κ3) is 5.19. The SMILES string of the molecule is O=C(CN1CCN(C(=O)CN2CCCCC2=O)CC1)N1CCCCCC1. The number of hydrogen-bond acceptors (Lipinski definition) is 4. The van der Waals surface area contributed by atoms with E-state index >= 15 is 0 Å². The van der Waals surface area contributed by atoms with E-state index in [9.17, 15) is 14.4 Å². The van der Waals surface area contributed by atoms with Crippen molar-refractivity contribution in [3.05, 3.63) is 0 Å². The van der Waals surface area contributed by atoms with E-state index in [-0.39, 0.29) is 24.3 Å². The van der Waals surface area contributed by atoms with Crippen LogP contribution in [0.2, 0.25) is 0 Å². The molecule has 0 aliphatic carbocycles. The van der Waals surface area contributed by atoms with Crippen molar-refractivity contribution in [3.63, 3.8) is 0 Å². The fourth-order valence-corrected chi connectivity index (χ4v) is 4.06. The molecule has 0 saturated carbocycles. The number of rotatable bonds is 4. The number of piperidine rings is 1. The first kappa shape index (κ1) is 19.1. The van der Waals surface area contributed by atoms with Gasteiger partial charge in [0.15, 0.2) is 0 Å². The maximum Gasteiger partial charge on any atom is 0.242 e. The molecule has 0 aromatic heterocycles. The van der Waals surface area contributed by atoms with Gasteiger partial charge in [-0.15, -0.1) is 0 Å². The smallest absolute Gasteiger partial charge is 0.242 e. The molecule has 3 aliphatic heterocycles. The molecule has 3 saturated heterocycles. The molecule has 146 valence electrons. The van der Waals surface area contributed by atoms with Gasteiger partial charge in [0.25, 0.3) is 0 Å². The molecule has 26 heavy (non-hydrogen) atoms. The average molecular weight is 364 g/mol. The molecular weight excluding hydrogens is 332 g/mol. The molecule has 7 nitrogen and oxygen atoms in total. The molecule has 3 fully saturated rings. The van der Waals surface area contributed by atoms with Crippen molar-refractivity contribution >= 4 is 17.7 Å². The third-order valence-corrected chi connectivity index (χ3v) is 5.79. The highest BCUT2D eigenvalue weighted by atomic mass is 16.2. The zero-order valence-electron chi connectivity index (χ0n) is 15.8. The van der Waals surface area contributed by atoms with Gasteiger partial charge in [-0.25, -0.2) is 0 Å². The second-order valence-electron chi connectivity index (χ2n) is 7.72. The lowest BCUT2D eigenvalue weighted by atomic mass is 10.1. The van der Waals surface area contributed by atoms with Crippen LogP contribution in [0.15, 0.2) is 0 Å². The van der Waals surface area contributed by atoms with Gasteiger partial charge in [-0.3, -0.25) is 19.3 Å². The molecule has 3 amide bonds. The second kappa shape index (κ2) is 9.35. The fraction of sp³-hybridized carbons (Fsp3) is 0.842. The van der Waals surface area contributed by atoms with Crippen LogP contribution in [0.25, 0.3) is 0 Å². The standard InChI is InChI=1S/C19H32N4O3/c24-17-7-3-6-10-23(17)16-19(26)22-13-11-20(12-14-22)15-18(25)21-8-4-1-2-5-9-21/h1-16H2. The molecule has 0 bridgehead atoms. The predicted molar refractivity (Wildman–Crippen MR) is 98.5 cm³/mol. The van der Waals surface area contributed by atoms with Gasteiger partial charge in [-0.05, 0) is 25.7 Å². The Morgan fingerprint density at radius 2 is 1.23 bits per heavy atom. The Balaban J connectivity index is 1.40. The lowest BCUT2D eigenvalue weighted by Gasteiger charge is -2.36. The summed E-state index contributed by atoms with van der Waals surface area (Å²) >= 11 is 0. The quantitative estimate of drug-likeness (QED) is 0.731. The highest BCUT2D eigenvalue weighted by molar-refractivity contribution is 5.85. The number of nitrogens with zero attached hydrogens (tertiary/aromatic N) is 4. The van der Waals surface area contributed by atoms with Gasteiger partial charge >= 0.3 is 0 Å². The van der Waals surface area contributed by atoms with Crippen molar-refractivity contribution in [2.45, 2.75) is 44.9 Å². The molecule has 3 aliphatic rings. The van der Waals surface area contributed by atoms with E-state index in [0.717, 1.165) is 51.9 Å². The van der Waals surface area contributed by atoms with E-state index in [4.69, 9.17) is 0 Å². The van der Waals surface area contributed by atoms with Gasteiger partial charge in [-0.2, -0.15) is 0 Å². The molecule has 0 aromatic carbocycles. The Morgan fingerprint density at radius 3 is 1.88 bits per heavy atom. The lowest BCUT2D eigenvalue weighted by Crippen LogP contribution is -2.54. The second-order valence-corrected chi connectivity index (χ2v) is 7.72. The molecule has 0 aromatic rings. The van der Waals surface area contributed by atoms with Crippen molar-refractivity contribution in [2.75, 3.05) is 58.9 Å². The molecular formula is C19H32N4O3. The topological polar surface area (TPSA) is 64.2 Å². The van der Waals surface area contributed by atoms with Crippen LogP contribution in [-0.2, 0) is 14.4 Å². The first-order valence-electron chi connectivity index (χ1n) is 10.2. The van der Waals surface area contributed by atoms with E-state index < -0.39 is 0 Å². The molecule has 0 unspecified atom stereocenters. The van der Waals surface area contributed by atoms with Gasteiger partial charge in [0.2, 0.25) is 17.7 Å². The minimum absolute atomic E-state index is 0.0405. The summed E-state index contributed by atoms with van der Waals surface area (Å²) in [6.45, 7) is 5.93. The summed E-state index contributed by atoms with van der Waals surface area (Å²) in [4.78, 5) is 44.5. The molecule has 0 radical (unpaired) electrons. The number of carbonyl (C=O) groups excluding carboxylic acids is 3. The van der Waals surface area contributed by atoms with Gasteiger partial charge in [-0.1, -0.05) is 12.8 Å². The summed E-state index contributed by atoms with van der Waals surface area (Å²) in [6.07, 6.45) is 7.18. The fourth-order valence-electron chi connectivity index (χ4n) is 4.06. The van der Waals surface area contributed by atoms with E-state index in [1.165, 1.54) is 12.8 Å². The molecule has 0 spiro atoms. The zero-order chi connectivity index (χ0) is 18.4. The molecule has 3 heterocycles. The molecule has 0 N–H and O–H groups in total. The largest absolute Gasteiger partial charge is 0.342 e. The van der Waals surface area contributed by atoms with Crippen molar-refractivity contribution in [3.8, 4) is 0 Å². The van der Waals surface area contributed by atoms with Gasteiger partial charge in [0.05, 0.1) is 13.1 Å². The average Bonchev–Trinajstić information content (AvgIpc) is 2.94. The number of likely N-dealkylation sites (tertiary alicyclic amines) is 2. The van der Waals surface area contributed by atoms with Gasteiger partial charge in [0, 0.05) is 52.2 Å². The minimum atomic E-state index is 0.0405. The Labute approximate surface area is 156 Å². The molecule has 7 heteroatoms. The van der Waals surface area contributed by atoms with E-state index in [1.807, 2.05) is 9.80 Å². The first-order chi connectivity index (χ1) is 12.6. The van der Waals surface area contributed by atoms with Crippen LogP contribution in [-0.4, -0.2) is 96.2 Å². The number of carbonyl (C=O) groups is 3. The first-order valence-corrected chi connectivity index (χ1v) is 10.2. The monoisotopic (exact) mass is 364 g/mol. The number of hydrogen-bond donors (Lipinski definition) is 0. The van der Waals surface area contributed by atoms with E-state index in [0.29, 0.717) is 32.6 Å². The summed E-state index contributed by atoms with van der Waals surface area (Å²) in [5.74, 6) is 0.371. The van der Waals surface area contributed by atoms with Crippen molar-refractivity contribution in [2.24, 2.45) is 0 Å². The Kier molecular flexibility index (Phi) is 6.88. The normalized spacial score (nSPS) is 23.1. The third-order valence-electron chi connectivity index (χ3n) is 5.79. The Morgan fingerprint density at radius 1 is 0.654 bits per heavy atom. The summed E-state index contributed by atoms with van der Waals surface area (Å²) in [7, 11) is 0. The highest BCUT2D eigenvalue weighted by Gasteiger charge is 2.27. The van der Waals surface area contributed by atoms with Crippen molar-refractivity contribution in [1.82, 2.24) is 19.6 Å². The Hall–Kier alpha value is -1.63. The summed E-state index contributed by atoms with van der Waals surface area (Å²) < 4.78 is 0. The lowest BCUT2D eigenvalue weighted by molar-refractivity contribution is -0.143. The van der Waals surface area contributed by atoms with E-state index in [1.54, 1.807) is 4.90 Å². The Bertz CT molecular complexity index is 509. The van der Waals surface area contributed by atoms with Crippen LogP contribution in [0.3, 0.4) is 0 Å². The molecule has 0 atom stereocenters. The number of piperazine rings is 1. The van der Waals surface area contributed by atoms with Crippen LogP contribution in [0.5, 0.6) is 0 Å². The maximum absolute atomic E-state index is 12.5. The van der Waals surface area contributed by atoms with Gasteiger partial charge in [0.1, 0.15) is 0 Å². The van der Waals surface area contributed by atoms with Gasteiger partial charge < -0.3 is 14.7 Å². The summed E-state index contributed by atoms with van der Waals surface area (Å²) in [5.41, 5.74) is 0. The summed E-state index contributed by atoms with van der Waals surface area (Å²) in [5, 5.41) is 0. The molecule has 3 rings (SSSR count). The minimum Gasteiger partial charge on any atom is -0.342 e.